The molecule has 0 N–H and O–H groups in total. The lowest BCUT2D eigenvalue weighted by Crippen LogP contribution is -2.43. The Morgan fingerprint density at radius 1 is 1.04 bits per heavy atom. The van der Waals surface area contributed by atoms with Crippen molar-refractivity contribution in [1.29, 1.82) is 0 Å². The Morgan fingerprint density at radius 2 is 1.76 bits per heavy atom. The van der Waals surface area contributed by atoms with E-state index >= 15 is 0 Å². The van der Waals surface area contributed by atoms with Gasteiger partial charge in [-0.2, -0.15) is 0 Å². The number of carbonyl (C=O) groups is 1. The number of non-ortho nitro benzene ring substituents is 1. The number of nitro groups is 1. The van der Waals surface area contributed by atoms with Gasteiger partial charge in [-0.25, -0.2) is 4.99 Å². The van der Waals surface area contributed by atoms with Crippen molar-refractivity contribution in [2.45, 2.75) is 40.3 Å². The van der Waals surface area contributed by atoms with E-state index in [0.717, 1.165) is 27.7 Å². The summed E-state index contributed by atoms with van der Waals surface area (Å²) in [5.41, 5.74) is 5.03. The van der Waals surface area contributed by atoms with Crippen LogP contribution in [0.1, 0.15) is 49.2 Å². The molecule has 3 heterocycles. The van der Waals surface area contributed by atoms with E-state index in [-0.39, 0.29) is 17.2 Å². The molecule has 1 aliphatic heterocycles. The van der Waals surface area contributed by atoms with Crippen LogP contribution in [0, 0.1) is 17.0 Å². The predicted octanol–water partition coefficient (Wildman–Crippen LogP) is 5.34. The largest absolute Gasteiger partial charge is 0.497 e. The molecule has 0 aliphatic carbocycles. The zero-order valence-electron chi connectivity index (χ0n) is 28.2. The van der Waals surface area contributed by atoms with Gasteiger partial charge < -0.3 is 18.9 Å². The molecule has 0 fully saturated rings. The highest BCUT2D eigenvalue weighted by molar-refractivity contribution is 7.07. The molecule has 11 nitrogen and oxygen atoms in total. The van der Waals surface area contributed by atoms with E-state index in [1.807, 2.05) is 64.1 Å². The van der Waals surface area contributed by atoms with Gasteiger partial charge in [0.1, 0.15) is 17.5 Å². The van der Waals surface area contributed by atoms with E-state index in [9.17, 15) is 19.7 Å². The number of nitrogens with zero attached hydrogens (tertiary/aromatic N) is 5. The normalized spacial score (nSPS) is 14.5. The van der Waals surface area contributed by atoms with Crippen LogP contribution in [-0.4, -0.2) is 52.2 Å². The Bertz CT molecular complexity index is 2310. The molecule has 1 amide bonds. The van der Waals surface area contributed by atoms with E-state index in [2.05, 4.69) is 4.57 Å². The van der Waals surface area contributed by atoms with Crippen LogP contribution in [0.2, 0.25) is 0 Å². The molecule has 49 heavy (non-hydrogen) atoms. The molecule has 12 heteroatoms. The fraction of sp³-hybridized carbons (Fsp3) is 0.270. The molecule has 5 aromatic rings. The lowest BCUT2D eigenvalue weighted by atomic mass is 9.93. The summed E-state index contributed by atoms with van der Waals surface area (Å²) in [6, 6.07) is 19.1. The highest BCUT2D eigenvalue weighted by Gasteiger charge is 2.36. The number of carbonyl (C=O) groups excluding carboxylic acids is 1. The SMILES string of the molecule is CCN(CC)C(=O)C1=C(C)N=c2s/c(=C/c3c(C)n(Cc4ccc([N+](=O)[O-])cc4)c4ccccc34)c(=O)n2[C@H]1c1cc(OC)ccc1OC. The Hall–Kier alpha value is -5.49. The number of rotatable bonds is 10. The van der Waals surface area contributed by atoms with Crippen LogP contribution in [0.4, 0.5) is 5.69 Å². The smallest absolute Gasteiger partial charge is 0.271 e. The summed E-state index contributed by atoms with van der Waals surface area (Å²) in [5, 5.41) is 12.2. The Morgan fingerprint density at radius 3 is 2.41 bits per heavy atom. The number of ether oxygens (including phenoxy) is 2. The first-order chi connectivity index (χ1) is 23.6. The number of hydrogen-bond donors (Lipinski definition) is 0. The number of allylic oxidation sites excluding steroid dienone is 1. The van der Waals surface area contributed by atoms with Crippen LogP contribution in [0.15, 0.2) is 87.8 Å². The van der Waals surface area contributed by atoms with Crippen LogP contribution < -0.4 is 24.4 Å². The number of benzene rings is 3. The highest BCUT2D eigenvalue weighted by atomic mass is 32.1. The third-order valence-corrected chi connectivity index (χ3v) is 10.1. The van der Waals surface area contributed by atoms with Crippen LogP contribution in [0.25, 0.3) is 17.0 Å². The summed E-state index contributed by atoms with van der Waals surface area (Å²) < 4.78 is 15.6. The van der Waals surface area contributed by atoms with Gasteiger partial charge in [0.15, 0.2) is 4.80 Å². The van der Waals surface area contributed by atoms with Gasteiger partial charge in [-0.3, -0.25) is 24.3 Å². The molecule has 6 rings (SSSR count). The van der Waals surface area contributed by atoms with Gasteiger partial charge in [0.2, 0.25) is 0 Å². The summed E-state index contributed by atoms with van der Waals surface area (Å²) in [4.78, 5) is 46.5. The van der Waals surface area contributed by atoms with E-state index in [4.69, 9.17) is 14.5 Å². The maximum atomic E-state index is 14.6. The average molecular weight is 680 g/mol. The standard InChI is InChI=1S/C37H37N5O6S/c1-7-39(8-2)36(44)33-22(3)38-37-41(34(33)29-19-26(47-5)17-18-31(29)48-6)35(43)32(49-37)20-28-23(4)40(30-12-10-9-11-27(28)30)21-24-13-15-25(16-14-24)42(45)46/h9-20,34H,7-8,21H2,1-6H3/b32-20+/t34-/m0/s1. The Labute approximate surface area is 286 Å². The van der Waals surface area contributed by atoms with Crippen molar-refractivity contribution < 1.29 is 19.2 Å². The summed E-state index contributed by atoms with van der Waals surface area (Å²) in [6.45, 7) is 9.16. The maximum absolute atomic E-state index is 14.6. The van der Waals surface area contributed by atoms with Crippen molar-refractivity contribution in [2.75, 3.05) is 27.3 Å². The minimum atomic E-state index is -0.805. The number of nitro benzene ring substituents is 1. The number of para-hydroxylation sites is 1. The molecule has 0 spiro atoms. The molecule has 0 saturated carbocycles. The summed E-state index contributed by atoms with van der Waals surface area (Å²) in [7, 11) is 3.13. The van der Waals surface area contributed by atoms with Gasteiger partial charge in [-0.15, -0.1) is 0 Å². The van der Waals surface area contributed by atoms with Crippen LogP contribution >= 0.6 is 11.3 Å². The minimum absolute atomic E-state index is 0.0379. The fourth-order valence-corrected chi connectivity index (χ4v) is 7.53. The van der Waals surface area contributed by atoms with Gasteiger partial charge in [-0.1, -0.05) is 41.7 Å². The molecule has 0 saturated heterocycles. The van der Waals surface area contributed by atoms with Crippen molar-refractivity contribution in [2.24, 2.45) is 4.99 Å². The summed E-state index contributed by atoms with van der Waals surface area (Å²) in [6.07, 6.45) is 1.90. The molecule has 2 aromatic heterocycles. The number of aromatic nitrogens is 2. The van der Waals surface area contributed by atoms with Gasteiger partial charge in [0, 0.05) is 59.5 Å². The quantitative estimate of drug-likeness (QED) is 0.145. The number of amides is 1. The second-order valence-corrected chi connectivity index (χ2v) is 12.7. The summed E-state index contributed by atoms with van der Waals surface area (Å²) in [5.74, 6) is 0.893. The molecule has 0 bridgehead atoms. The van der Waals surface area contributed by atoms with E-state index in [1.54, 1.807) is 48.0 Å². The first-order valence-electron chi connectivity index (χ1n) is 16.0. The van der Waals surface area contributed by atoms with Crippen LogP contribution in [0.3, 0.4) is 0 Å². The number of methoxy groups -OCH3 is 2. The third-order valence-electron chi connectivity index (χ3n) is 9.08. The molecule has 0 radical (unpaired) electrons. The van der Waals surface area contributed by atoms with Crippen molar-refractivity contribution >= 4 is 39.9 Å². The lowest BCUT2D eigenvalue weighted by molar-refractivity contribution is -0.384. The monoisotopic (exact) mass is 679 g/mol. The van der Waals surface area contributed by atoms with Crippen molar-refractivity contribution in [3.8, 4) is 11.5 Å². The van der Waals surface area contributed by atoms with Crippen LogP contribution in [-0.2, 0) is 11.3 Å². The molecule has 3 aromatic carbocycles. The topological polar surface area (TPSA) is 121 Å². The fourth-order valence-electron chi connectivity index (χ4n) is 6.50. The van der Waals surface area contributed by atoms with E-state index in [0.29, 0.717) is 57.3 Å². The van der Waals surface area contributed by atoms with E-state index < -0.39 is 11.0 Å². The lowest BCUT2D eigenvalue weighted by Gasteiger charge is -2.30. The first kappa shape index (κ1) is 33.4. The number of hydrogen-bond acceptors (Lipinski definition) is 8. The predicted molar refractivity (Wildman–Crippen MR) is 190 cm³/mol. The highest BCUT2D eigenvalue weighted by Crippen LogP contribution is 2.38. The molecular weight excluding hydrogens is 643 g/mol. The van der Waals surface area contributed by atoms with Crippen molar-refractivity contribution in [3.05, 3.63) is 130 Å². The molecule has 252 valence electrons. The Kier molecular flexibility index (Phi) is 9.24. The van der Waals surface area contributed by atoms with Gasteiger partial charge >= 0.3 is 0 Å². The first-order valence-corrected chi connectivity index (χ1v) is 16.8. The number of thiazole rings is 1. The van der Waals surface area contributed by atoms with Crippen LogP contribution in [0.5, 0.6) is 11.5 Å². The summed E-state index contributed by atoms with van der Waals surface area (Å²) >= 11 is 1.27. The molecular formula is C37H37N5O6S. The Balaban J connectivity index is 1.55. The molecule has 1 atom stereocenters. The second kappa shape index (κ2) is 13.6. The maximum Gasteiger partial charge on any atom is 0.271 e. The second-order valence-electron chi connectivity index (χ2n) is 11.7. The molecule has 1 aliphatic rings. The zero-order chi connectivity index (χ0) is 35.0. The van der Waals surface area contributed by atoms with Crippen molar-refractivity contribution in [3.63, 3.8) is 0 Å². The molecule has 0 unspecified atom stereocenters. The number of likely N-dealkylation sites (N-methyl/N-ethyl adjacent to an activating group) is 1. The zero-order valence-corrected chi connectivity index (χ0v) is 29.0. The number of fused-ring (bicyclic) bond motifs is 2. The van der Waals surface area contributed by atoms with Gasteiger partial charge in [-0.05, 0) is 63.6 Å². The van der Waals surface area contributed by atoms with Gasteiger partial charge in [0.05, 0.1) is 34.9 Å². The average Bonchev–Trinajstić information content (AvgIpc) is 3.56. The van der Waals surface area contributed by atoms with Crippen molar-refractivity contribution in [1.82, 2.24) is 14.0 Å². The third kappa shape index (κ3) is 5.92. The van der Waals surface area contributed by atoms with E-state index in [1.165, 1.54) is 23.5 Å². The minimum Gasteiger partial charge on any atom is -0.497 e. The van der Waals surface area contributed by atoms with Gasteiger partial charge in [0.25, 0.3) is 17.2 Å².